The molecule has 1 saturated heterocycles. The Hall–Kier alpha value is -1.84. The number of benzene rings is 1. The van der Waals surface area contributed by atoms with Crippen LogP contribution in [0.2, 0.25) is 0 Å². The second kappa shape index (κ2) is 7.82. The molecule has 0 aromatic heterocycles. The van der Waals surface area contributed by atoms with Gasteiger partial charge >= 0.3 is 0 Å². The summed E-state index contributed by atoms with van der Waals surface area (Å²) in [5.41, 5.74) is 6.16. The van der Waals surface area contributed by atoms with Gasteiger partial charge in [0.1, 0.15) is 5.75 Å². The first-order valence-electron chi connectivity index (χ1n) is 7.97. The summed E-state index contributed by atoms with van der Waals surface area (Å²) in [7, 11) is -3.59. The maximum atomic E-state index is 12.9. The van der Waals surface area contributed by atoms with Crippen molar-refractivity contribution in [3.63, 3.8) is 0 Å². The first kappa shape index (κ1) is 18.5. The molecular formula is C15H25N5O3S. The van der Waals surface area contributed by atoms with Crippen LogP contribution in [0.25, 0.3) is 0 Å². The lowest BCUT2D eigenvalue weighted by molar-refractivity contribution is 0.196. The normalized spacial score (nSPS) is 17.8. The number of likely N-dealkylation sites (N-methyl/N-ethyl adjacent to an activating group) is 1. The van der Waals surface area contributed by atoms with Gasteiger partial charge < -0.3 is 21.2 Å². The lowest BCUT2D eigenvalue weighted by Crippen LogP contribution is -2.48. The first-order valence-corrected chi connectivity index (χ1v) is 9.41. The molecular weight excluding hydrogens is 330 g/mol. The van der Waals surface area contributed by atoms with Crippen molar-refractivity contribution < 1.29 is 13.2 Å². The third kappa shape index (κ3) is 3.80. The number of ether oxygens (including phenoxy) is 1. The number of nitrogens with zero attached hydrogens (tertiary/aromatic N) is 3. The summed E-state index contributed by atoms with van der Waals surface area (Å²) in [6.07, 6.45) is 0. The van der Waals surface area contributed by atoms with Crippen LogP contribution in [0.1, 0.15) is 19.4 Å². The van der Waals surface area contributed by atoms with E-state index >= 15 is 0 Å². The summed E-state index contributed by atoms with van der Waals surface area (Å²) in [5, 5.41) is 3.46. The maximum Gasteiger partial charge on any atom is 0.243 e. The summed E-state index contributed by atoms with van der Waals surface area (Å²) < 4.78 is 32.7. The topological polar surface area (TPSA) is 114 Å². The molecule has 0 bridgehead atoms. The van der Waals surface area contributed by atoms with Crippen LogP contribution in [0.3, 0.4) is 0 Å². The van der Waals surface area contributed by atoms with Crippen LogP contribution in [0.4, 0.5) is 0 Å². The Morgan fingerprint density at radius 1 is 1.25 bits per heavy atom. The molecule has 4 N–H and O–H groups in total. The van der Waals surface area contributed by atoms with Crippen molar-refractivity contribution in [1.29, 1.82) is 0 Å². The van der Waals surface area contributed by atoms with Crippen LogP contribution in [0.5, 0.6) is 5.75 Å². The van der Waals surface area contributed by atoms with Gasteiger partial charge in [0.15, 0.2) is 5.84 Å². The lowest BCUT2D eigenvalue weighted by atomic mass is 10.2. The van der Waals surface area contributed by atoms with Crippen molar-refractivity contribution in [2.75, 3.05) is 39.3 Å². The second-order valence-corrected chi connectivity index (χ2v) is 7.38. The lowest BCUT2D eigenvalue weighted by Gasteiger charge is -2.33. The van der Waals surface area contributed by atoms with E-state index in [0.717, 1.165) is 19.6 Å². The predicted molar refractivity (Wildman–Crippen MR) is 93.4 cm³/mol. The van der Waals surface area contributed by atoms with Crippen LogP contribution >= 0.6 is 0 Å². The van der Waals surface area contributed by atoms with E-state index in [1.807, 2.05) is 6.92 Å². The van der Waals surface area contributed by atoms with Gasteiger partial charge in [-0.1, -0.05) is 6.92 Å². The Labute approximate surface area is 143 Å². The number of hydrogen-bond acceptors (Lipinski definition) is 6. The van der Waals surface area contributed by atoms with Crippen LogP contribution in [0, 0.1) is 0 Å². The van der Waals surface area contributed by atoms with Crippen molar-refractivity contribution in [3.05, 3.63) is 23.8 Å². The van der Waals surface area contributed by atoms with Crippen LogP contribution in [-0.4, -0.2) is 62.8 Å². The third-order valence-electron chi connectivity index (χ3n) is 4.08. The largest absolute Gasteiger partial charge is 0.493 e. The zero-order valence-corrected chi connectivity index (χ0v) is 14.9. The van der Waals surface area contributed by atoms with Crippen LogP contribution < -0.4 is 16.3 Å². The van der Waals surface area contributed by atoms with Gasteiger partial charge in [-0.25, -0.2) is 8.42 Å². The summed E-state index contributed by atoms with van der Waals surface area (Å²) in [4.78, 5) is 2.38. The molecule has 0 unspecified atom stereocenters. The van der Waals surface area contributed by atoms with Crippen molar-refractivity contribution >= 4 is 15.9 Å². The van der Waals surface area contributed by atoms with Gasteiger partial charge in [-0.3, -0.25) is 0 Å². The quantitative estimate of drug-likeness (QED) is 0.321. The number of hydrogen-bond donors (Lipinski definition) is 2. The molecule has 1 aromatic carbocycles. The van der Waals surface area contributed by atoms with E-state index in [9.17, 15) is 8.42 Å². The van der Waals surface area contributed by atoms with Gasteiger partial charge in [0.2, 0.25) is 10.0 Å². The maximum absolute atomic E-state index is 12.9. The van der Waals surface area contributed by atoms with E-state index in [-0.39, 0.29) is 10.7 Å². The van der Waals surface area contributed by atoms with E-state index in [1.165, 1.54) is 16.4 Å². The average molecular weight is 355 g/mol. The fourth-order valence-electron chi connectivity index (χ4n) is 2.66. The van der Waals surface area contributed by atoms with Gasteiger partial charge in [-0.05, 0) is 31.7 Å². The SMILES string of the molecule is CCOc1ccc(S(=O)(=O)N2CCN(CC)CC2)cc1/C(N)=N/N. The fourth-order valence-corrected chi connectivity index (χ4v) is 4.10. The summed E-state index contributed by atoms with van der Waals surface area (Å²) in [6, 6.07) is 4.59. The predicted octanol–water partition coefficient (Wildman–Crippen LogP) is -0.00950. The van der Waals surface area contributed by atoms with Crippen LogP contribution in [0.15, 0.2) is 28.2 Å². The number of piperazine rings is 1. The molecule has 24 heavy (non-hydrogen) atoms. The molecule has 1 fully saturated rings. The first-order chi connectivity index (χ1) is 11.4. The minimum atomic E-state index is -3.59. The molecule has 1 aromatic rings. The molecule has 0 aliphatic carbocycles. The smallest absolute Gasteiger partial charge is 0.243 e. The average Bonchev–Trinajstić information content (AvgIpc) is 2.61. The number of nitrogens with two attached hydrogens (primary N) is 2. The molecule has 0 radical (unpaired) electrons. The van der Waals surface area contributed by atoms with Crippen molar-refractivity contribution in [2.24, 2.45) is 16.7 Å². The molecule has 8 nitrogen and oxygen atoms in total. The third-order valence-corrected chi connectivity index (χ3v) is 5.98. The van der Waals surface area contributed by atoms with Crippen molar-refractivity contribution in [2.45, 2.75) is 18.7 Å². The zero-order chi connectivity index (χ0) is 17.7. The molecule has 9 heteroatoms. The fraction of sp³-hybridized carbons (Fsp3) is 0.533. The Morgan fingerprint density at radius 2 is 1.92 bits per heavy atom. The Bertz CT molecular complexity index is 697. The summed E-state index contributed by atoms with van der Waals surface area (Å²) in [5.74, 6) is 5.73. The molecule has 0 saturated carbocycles. The number of rotatable bonds is 6. The Kier molecular flexibility index (Phi) is 6.03. The highest BCUT2D eigenvalue weighted by Crippen LogP contribution is 2.25. The van der Waals surface area contributed by atoms with Crippen LogP contribution in [-0.2, 0) is 10.0 Å². The minimum absolute atomic E-state index is 0.0336. The van der Waals surface area contributed by atoms with Gasteiger partial charge in [0.05, 0.1) is 17.1 Å². The highest BCUT2D eigenvalue weighted by molar-refractivity contribution is 7.89. The highest BCUT2D eigenvalue weighted by Gasteiger charge is 2.29. The number of sulfonamides is 1. The highest BCUT2D eigenvalue weighted by atomic mass is 32.2. The van der Waals surface area contributed by atoms with E-state index in [0.29, 0.717) is 31.0 Å². The summed E-state index contributed by atoms with van der Waals surface area (Å²) in [6.45, 7) is 7.64. The van der Waals surface area contributed by atoms with Crippen molar-refractivity contribution in [1.82, 2.24) is 9.21 Å². The number of hydrazone groups is 1. The molecule has 0 amide bonds. The van der Waals surface area contributed by atoms with Gasteiger partial charge in [0.25, 0.3) is 0 Å². The van der Waals surface area contributed by atoms with Gasteiger partial charge in [-0.15, -0.1) is 0 Å². The van der Waals surface area contributed by atoms with E-state index < -0.39 is 10.0 Å². The molecule has 134 valence electrons. The Balaban J connectivity index is 2.33. The molecule has 2 rings (SSSR count). The molecule has 1 aliphatic rings. The van der Waals surface area contributed by atoms with E-state index in [1.54, 1.807) is 6.07 Å². The minimum Gasteiger partial charge on any atom is -0.493 e. The standard InChI is InChI=1S/C15H25N5O3S/c1-3-19-7-9-20(10-8-19)24(21,22)12-5-6-14(23-4-2)13(11-12)15(16)18-17/h5-6,11H,3-4,7-10,17H2,1-2H3,(H2,16,18). The number of amidine groups is 1. The molecule has 0 spiro atoms. The molecule has 0 atom stereocenters. The summed E-state index contributed by atoms with van der Waals surface area (Å²) >= 11 is 0. The monoisotopic (exact) mass is 355 g/mol. The Morgan fingerprint density at radius 3 is 2.46 bits per heavy atom. The molecule has 1 aliphatic heterocycles. The molecule has 1 heterocycles. The zero-order valence-electron chi connectivity index (χ0n) is 14.1. The van der Waals surface area contributed by atoms with E-state index in [2.05, 4.69) is 16.9 Å². The van der Waals surface area contributed by atoms with Crippen molar-refractivity contribution in [3.8, 4) is 5.75 Å². The van der Waals surface area contributed by atoms with Gasteiger partial charge in [0, 0.05) is 26.2 Å². The van der Waals surface area contributed by atoms with Gasteiger partial charge in [-0.2, -0.15) is 9.41 Å². The van der Waals surface area contributed by atoms with E-state index in [4.69, 9.17) is 16.3 Å². The second-order valence-electron chi connectivity index (χ2n) is 5.44.